The number of halogens is 3. The highest BCUT2D eigenvalue weighted by Gasteiger charge is 2.28. The SMILES string of the molecule is COc1ccc2[nH]c(-c3cc(OCC(F)(F)F)ccn3)nc2c1S(C)=O. The maximum atomic E-state index is 12.3. The lowest BCUT2D eigenvalue weighted by atomic mass is 10.3. The van der Waals surface area contributed by atoms with Crippen LogP contribution in [0.1, 0.15) is 0 Å². The molecule has 0 fully saturated rings. The Labute approximate surface area is 148 Å². The first kappa shape index (κ1) is 18.2. The van der Waals surface area contributed by atoms with Crippen molar-refractivity contribution in [2.24, 2.45) is 0 Å². The fraction of sp³-hybridized carbons (Fsp3) is 0.250. The van der Waals surface area contributed by atoms with E-state index in [2.05, 4.69) is 15.0 Å². The zero-order valence-electron chi connectivity index (χ0n) is 13.8. The third-order valence-corrected chi connectivity index (χ3v) is 4.43. The summed E-state index contributed by atoms with van der Waals surface area (Å²) in [7, 11) is 0.113. The van der Waals surface area contributed by atoms with Crippen LogP contribution in [0.5, 0.6) is 11.5 Å². The second-order valence-corrected chi connectivity index (χ2v) is 6.63. The first-order valence-corrected chi connectivity index (χ1v) is 8.90. The Bertz CT molecular complexity index is 972. The normalized spacial score (nSPS) is 13.0. The smallest absolute Gasteiger partial charge is 0.422 e. The van der Waals surface area contributed by atoms with Gasteiger partial charge < -0.3 is 14.5 Å². The topological polar surface area (TPSA) is 77.1 Å². The van der Waals surface area contributed by atoms with E-state index in [1.54, 1.807) is 12.1 Å². The van der Waals surface area contributed by atoms with Crippen molar-refractivity contribution in [1.29, 1.82) is 0 Å². The molecule has 1 unspecified atom stereocenters. The summed E-state index contributed by atoms with van der Waals surface area (Å²) in [6.45, 7) is -1.40. The van der Waals surface area contributed by atoms with Crippen molar-refractivity contribution in [2.75, 3.05) is 20.0 Å². The molecule has 6 nitrogen and oxygen atoms in total. The molecule has 0 aliphatic rings. The number of fused-ring (bicyclic) bond motifs is 1. The molecule has 1 N–H and O–H groups in total. The first-order chi connectivity index (χ1) is 12.3. The molecule has 0 saturated carbocycles. The van der Waals surface area contributed by atoms with Gasteiger partial charge in [-0.1, -0.05) is 0 Å². The largest absolute Gasteiger partial charge is 0.495 e. The Balaban J connectivity index is 2.01. The van der Waals surface area contributed by atoms with Crippen molar-refractivity contribution in [3.05, 3.63) is 30.5 Å². The van der Waals surface area contributed by atoms with Gasteiger partial charge in [0.05, 0.1) is 23.4 Å². The number of aromatic nitrogens is 3. The van der Waals surface area contributed by atoms with Gasteiger partial charge in [-0.25, -0.2) is 4.98 Å². The lowest BCUT2D eigenvalue weighted by molar-refractivity contribution is -0.153. The monoisotopic (exact) mass is 385 g/mol. The number of imidazole rings is 1. The number of pyridine rings is 1. The summed E-state index contributed by atoms with van der Waals surface area (Å²) in [6, 6.07) is 6.05. The van der Waals surface area contributed by atoms with E-state index < -0.39 is 23.6 Å². The third kappa shape index (κ3) is 3.79. The summed E-state index contributed by atoms with van der Waals surface area (Å²) in [5.74, 6) is 0.772. The van der Waals surface area contributed by atoms with Gasteiger partial charge in [-0.15, -0.1) is 0 Å². The lowest BCUT2D eigenvalue weighted by Gasteiger charge is -2.09. The van der Waals surface area contributed by atoms with Gasteiger partial charge in [0, 0.05) is 18.5 Å². The van der Waals surface area contributed by atoms with Crippen molar-refractivity contribution in [2.45, 2.75) is 11.1 Å². The number of benzene rings is 1. The molecule has 0 aliphatic carbocycles. The fourth-order valence-corrected chi connectivity index (χ4v) is 3.25. The summed E-state index contributed by atoms with van der Waals surface area (Å²) in [4.78, 5) is 11.9. The van der Waals surface area contributed by atoms with E-state index in [0.717, 1.165) is 0 Å². The van der Waals surface area contributed by atoms with E-state index in [1.807, 2.05) is 0 Å². The number of nitrogens with zero attached hydrogens (tertiary/aromatic N) is 2. The molecule has 0 radical (unpaired) electrons. The first-order valence-electron chi connectivity index (χ1n) is 7.34. The van der Waals surface area contributed by atoms with E-state index in [1.165, 1.54) is 31.7 Å². The number of alkyl halides is 3. The zero-order valence-corrected chi connectivity index (χ0v) is 14.6. The number of aromatic amines is 1. The van der Waals surface area contributed by atoms with Gasteiger partial charge >= 0.3 is 6.18 Å². The Kier molecular flexibility index (Phi) is 4.86. The second kappa shape index (κ2) is 6.94. The van der Waals surface area contributed by atoms with E-state index in [4.69, 9.17) is 9.47 Å². The third-order valence-electron chi connectivity index (χ3n) is 3.46. The Morgan fingerprint density at radius 1 is 1.27 bits per heavy atom. The summed E-state index contributed by atoms with van der Waals surface area (Å²) in [6.07, 6.45) is -1.59. The van der Waals surface area contributed by atoms with Gasteiger partial charge in [0.25, 0.3) is 0 Å². The van der Waals surface area contributed by atoms with Crippen LogP contribution >= 0.6 is 0 Å². The van der Waals surface area contributed by atoms with Gasteiger partial charge in [0.2, 0.25) is 0 Å². The highest BCUT2D eigenvalue weighted by atomic mass is 32.2. The minimum Gasteiger partial charge on any atom is -0.495 e. The molecule has 3 aromatic rings. The zero-order chi connectivity index (χ0) is 18.9. The summed E-state index contributed by atoms with van der Waals surface area (Å²) in [5, 5.41) is 0. The Morgan fingerprint density at radius 3 is 2.69 bits per heavy atom. The van der Waals surface area contributed by atoms with E-state index in [-0.39, 0.29) is 5.75 Å². The molecular weight excluding hydrogens is 371 g/mol. The fourth-order valence-electron chi connectivity index (χ4n) is 2.39. The van der Waals surface area contributed by atoms with Crippen LogP contribution in [0, 0.1) is 0 Å². The standard InChI is InChI=1S/C16H14F3N3O3S/c1-24-12-4-3-10-13(14(12)26(2)23)22-15(21-10)11-7-9(5-6-20-11)25-8-16(17,18)19/h3-7H,8H2,1-2H3,(H,21,22). The predicted molar refractivity (Wildman–Crippen MR) is 89.8 cm³/mol. The Hall–Kier alpha value is -2.62. The number of ether oxygens (including phenoxy) is 2. The van der Waals surface area contributed by atoms with Gasteiger partial charge in [-0.2, -0.15) is 13.2 Å². The number of methoxy groups -OCH3 is 1. The number of hydrogen-bond acceptors (Lipinski definition) is 5. The van der Waals surface area contributed by atoms with Gasteiger partial charge in [-0.3, -0.25) is 9.19 Å². The number of H-pyrrole nitrogens is 1. The van der Waals surface area contributed by atoms with Crippen LogP contribution in [0.15, 0.2) is 35.4 Å². The van der Waals surface area contributed by atoms with Gasteiger partial charge in [0.15, 0.2) is 12.4 Å². The molecule has 0 aliphatic heterocycles. The van der Waals surface area contributed by atoms with Crippen LogP contribution in [-0.4, -0.2) is 45.3 Å². The molecule has 2 aromatic heterocycles. The van der Waals surface area contributed by atoms with Crippen molar-refractivity contribution in [1.82, 2.24) is 15.0 Å². The van der Waals surface area contributed by atoms with E-state index >= 15 is 0 Å². The van der Waals surface area contributed by atoms with Gasteiger partial charge in [0.1, 0.15) is 27.6 Å². The number of rotatable bonds is 5. The van der Waals surface area contributed by atoms with E-state index in [0.29, 0.717) is 33.2 Å². The molecule has 1 atom stereocenters. The lowest BCUT2D eigenvalue weighted by Crippen LogP contribution is -2.19. The number of nitrogens with one attached hydrogen (secondary N) is 1. The summed E-state index contributed by atoms with van der Waals surface area (Å²) < 4.78 is 58.9. The quantitative estimate of drug-likeness (QED) is 0.729. The highest BCUT2D eigenvalue weighted by Crippen LogP contribution is 2.31. The van der Waals surface area contributed by atoms with Crippen molar-refractivity contribution >= 4 is 21.8 Å². The maximum absolute atomic E-state index is 12.3. The van der Waals surface area contributed by atoms with Crippen LogP contribution in [0.3, 0.4) is 0 Å². The molecule has 2 heterocycles. The van der Waals surface area contributed by atoms with Crippen LogP contribution in [0.25, 0.3) is 22.6 Å². The molecule has 0 saturated heterocycles. The van der Waals surface area contributed by atoms with Crippen LogP contribution in [0.4, 0.5) is 13.2 Å². The van der Waals surface area contributed by atoms with Crippen LogP contribution in [0.2, 0.25) is 0 Å². The predicted octanol–water partition coefficient (Wildman–Crippen LogP) is 3.31. The highest BCUT2D eigenvalue weighted by molar-refractivity contribution is 7.84. The van der Waals surface area contributed by atoms with Crippen molar-refractivity contribution < 1.29 is 26.9 Å². The van der Waals surface area contributed by atoms with Crippen molar-refractivity contribution in [3.8, 4) is 23.0 Å². The second-order valence-electron chi connectivity index (χ2n) is 5.31. The molecule has 3 rings (SSSR count). The molecule has 0 amide bonds. The molecule has 0 bridgehead atoms. The number of hydrogen-bond donors (Lipinski definition) is 1. The average Bonchev–Trinajstić information content (AvgIpc) is 3.02. The maximum Gasteiger partial charge on any atom is 0.422 e. The summed E-state index contributed by atoms with van der Waals surface area (Å²) in [5.41, 5.74) is 1.35. The van der Waals surface area contributed by atoms with Gasteiger partial charge in [-0.05, 0) is 18.2 Å². The molecule has 138 valence electrons. The average molecular weight is 385 g/mol. The molecule has 0 spiro atoms. The molecular formula is C16H14F3N3O3S. The minimum atomic E-state index is -4.43. The Morgan fingerprint density at radius 2 is 2.04 bits per heavy atom. The van der Waals surface area contributed by atoms with Crippen LogP contribution < -0.4 is 9.47 Å². The molecule has 10 heteroatoms. The minimum absolute atomic E-state index is 0.0182. The molecule has 1 aromatic carbocycles. The molecule has 26 heavy (non-hydrogen) atoms. The van der Waals surface area contributed by atoms with Crippen molar-refractivity contribution in [3.63, 3.8) is 0 Å². The van der Waals surface area contributed by atoms with Crippen LogP contribution in [-0.2, 0) is 10.8 Å². The summed E-state index contributed by atoms with van der Waals surface area (Å²) >= 11 is 0. The van der Waals surface area contributed by atoms with E-state index in [9.17, 15) is 17.4 Å².